The molecule has 0 aliphatic rings. The van der Waals surface area contributed by atoms with Crippen LogP contribution in [0.4, 0.5) is 0 Å². The molecular formula is C12H18ClN. The van der Waals surface area contributed by atoms with Crippen molar-refractivity contribution in [1.82, 2.24) is 5.32 Å². The third-order valence-corrected chi connectivity index (χ3v) is 2.66. The Labute approximate surface area is 91.5 Å². The van der Waals surface area contributed by atoms with E-state index in [0.29, 0.717) is 5.92 Å². The van der Waals surface area contributed by atoms with Crippen LogP contribution < -0.4 is 5.32 Å². The predicted octanol–water partition coefficient (Wildman–Crippen LogP) is 3.44. The molecule has 0 aliphatic carbocycles. The molecule has 78 valence electrons. The first-order chi connectivity index (χ1) is 6.75. The van der Waals surface area contributed by atoms with Crippen LogP contribution in [0.3, 0.4) is 0 Å². The highest BCUT2D eigenvalue weighted by Crippen LogP contribution is 2.23. The first-order valence-corrected chi connectivity index (χ1v) is 5.58. The highest BCUT2D eigenvalue weighted by Gasteiger charge is 2.07. The lowest BCUT2D eigenvalue weighted by Gasteiger charge is -2.13. The Balaban J connectivity index is 2.51. The maximum atomic E-state index is 6.10. The van der Waals surface area contributed by atoms with Gasteiger partial charge in [0, 0.05) is 11.6 Å². The van der Waals surface area contributed by atoms with Gasteiger partial charge in [0.1, 0.15) is 0 Å². The Morgan fingerprint density at radius 3 is 2.71 bits per heavy atom. The Hall–Kier alpha value is -0.530. The van der Waals surface area contributed by atoms with Crippen LogP contribution in [0, 0.1) is 0 Å². The third kappa shape index (κ3) is 3.32. The van der Waals surface area contributed by atoms with E-state index in [-0.39, 0.29) is 0 Å². The van der Waals surface area contributed by atoms with Gasteiger partial charge in [-0.3, -0.25) is 0 Å². The second-order valence-corrected chi connectivity index (χ2v) is 4.03. The van der Waals surface area contributed by atoms with Crippen molar-refractivity contribution in [2.75, 3.05) is 13.1 Å². The standard InChI is InChI=1S/C12H18ClN/c1-3-8-14-9-10(2)11-6-4-5-7-12(11)13/h4-7,10,14H,3,8-9H2,1-2H3. The fraction of sp³-hybridized carbons (Fsp3) is 0.500. The molecule has 1 N–H and O–H groups in total. The smallest absolute Gasteiger partial charge is 0.0441 e. The minimum Gasteiger partial charge on any atom is -0.316 e. The molecule has 1 rings (SSSR count). The number of rotatable bonds is 5. The average molecular weight is 212 g/mol. The molecule has 14 heavy (non-hydrogen) atoms. The summed E-state index contributed by atoms with van der Waals surface area (Å²) in [5.74, 6) is 0.482. The van der Waals surface area contributed by atoms with Gasteiger partial charge >= 0.3 is 0 Å². The van der Waals surface area contributed by atoms with Gasteiger partial charge in [0.05, 0.1) is 0 Å². The van der Waals surface area contributed by atoms with Crippen LogP contribution in [0.5, 0.6) is 0 Å². The molecule has 1 aromatic carbocycles. The summed E-state index contributed by atoms with van der Waals surface area (Å²) in [7, 11) is 0. The SMILES string of the molecule is CCCNCC(C)c1ccccc1Cl. The van der Waals surface area contributed by atoms with E-state index in [1.807, 2.05) is 18.2 Å². The molecule has 0 fully saturated rings. The quantitative estimate of drug-likeness (QED) is 0.736. The van der Waals surface area contributed by atoms with Crippen molar-refractivity contribution < 1.29 is 0 Å². The number of benzene rings is 1. The zero-order valence-corrected chi connectivity index (χ0v) is 9.64. The molecular weight excluding hydrogens is 194 g/mol. The lowest BCUT2D eigenvalue weighted by Crippen LogP contribution is -2.20. The fourth-order valence-corrected chi connectivity index (χ4v) is 1.80. The molecule has 1 aromatic rings. The molecule has 0 aromatic heterocycles. The molecule has 0 saturated carbocycles. The van der Waals surface area contributed by atoms with E-state index in [0.717, 1.165) is 18.1 Å². The molecule has 1 nitrogen and oxygen atoms in total. The predicted molar refractivity (Wildman–Crippen MR) is 63.0 cm³/mol. The van der Waals surface area contributed by atoms with Gasteiger partial charge in [0.25, 0.3) is 0 Å². The van der Waals surface area contributed by atoms with E-state index in [1.165, 1.54) is 12.0 Å². The van der Waals surface area contributed by atoms with E-state index in [4.69, 9.17) is 11.6 Å². The van der Waals surface area contributed by atoms with Gasteiger partial charge < -0.3 is 5.32 Å². The van der Waals surface area contributed by atoms with Gasteiger partial charge in [0.15, 0.2) is 0 Å². The lowest BCUT2D eigenvalue weighted by molar-refractivity contribution is 0.609. The monoisotopic (exact) mass is 211 g/mol. The van der Waals surface area contributed by atoms with Gasteiger partial charge in [0.2, 0.25) is 0 Å². The molecule has 1 atom stereocenters. The van der Waals surface area contributed by atoms with Crippen LogP contribution in [0.15, 0.2) is 24.3 Å². The topological polar surface area (TPSA) is 12.0 Å². The summed E-state index contributed by atoms with van der Waals surface area (Å²) in [6.07, 6.45) is 1.18. The first kappa shape index (κ1) is 11.5. The lowest BCUT2D eigenvalue weighted by atomic mass is 10.0. The molecule has 0 saturated heterocycles. The van der Waals surface area contributed by atoms with Gasteiger partial charge in [-0.15, -0.1) is 0 Å². The molecule has 0 radical (unpaired) electrons. The molecule has 1 unspecified atom stereocenters. The second kappa shape index (κ2) is 6.05. The zero-order chi connectivity index (χ0) is 10.4. The molecule has 0 amide bonds. The Morgan fingerprint density at radius 2 is 2.07 bits per heavy atom. The summed E-state index contributed by atoms with van der Waals surface area (Å²) in [5.41, 5.74) is 1.23. The van der Waals surface area contributed by atoms with Crippen molar-refractivity contribution in [3.8, 4) is 0 Å². The summed E-state index contributed by atoms with van der Waals surface area (Å²) in [4.78, 5) is 0. The van der Waals surface area contributed by atoms with Crippen molar-refractivity contribution in [2.45, 2.75) is 26.2 Å². The van der Waals surface area contributed by atoms with Crippen LogP contribution in [0.2, 0.25) is 5.02 Å². The molecule has 0 aliphatic heterocycles. The van der Waals surface area contributed by atoms with Crippen molar-refractivity contribution >= 4 is 11.6 Å². The minimum absolute atomic E-state index is 0.482. The van der Waals surface area contributed by atoms with Crippen molar-refractivity contribution in [3.05, 3.63) is 34.9 Å². The maximum absolute atomic E-state index is 6.10. The van der Waals surface area contributed by atoms with Gasteiger partial charge in [-0.1, -0.05) is 43.6 Å². The molecule has 0 spiro atoms. The number of nitrogens with one attached hydrogen (secondary N) is 1. The molecule has 0 heterocycles. The summed E-state index contributed by atoms with van der Waals surface area (Å²) in [6, 6.07) is 8.06. The van der Waals surface area contributed by atoms with Crippen molar-refractivity contribution in [2.24, 2.45) is 0 Å². The third-order valence-electron chi connectivity index (χ3n) is 2.31. The van der Waals surface area contributed by atoms with E-state index in [9.17, 15) is 0 Å². The Morgan fingerprint density at radius 1 is 1.36 bits per heavy atom. The number of hydrogen-bond donors (Lipinski definition) is 1. The second-order valence-electron chi connectivity index (χ2n) is 3.63. The van der Waals surface area contributed by atoms with E-state index < -0.39 is 0 Å². The number of halogens is 1. The van der Waals surface area contributed by atoms with Crippen LogP contribution >= 0.6 is 11.6 Å². The van der Waals surface area contributed by atoms with Crippen LogP contribution in [-0.4, -0.2) is 13.1 Å². The van der Waals surface area contributed by atoms with E-state index in [2.05, 4.69) is 25.2 Å². The van der Waals surface area contributed by atoms with Crippen LogP contribution in [0.1, 0.15) is 31.7 Å². The summed E-state index contributed by atoms with van der Waals surface area (Å²) >= 11 is 6.10. The van der Waals surface area contributed by atoms with E-state index >= 15 is 0 Å². The highest BCUT2D eigenvalue weighted by atomic mass is 35.5. The van der Waals surface area contributed by atoms with Crippen LogP contribution in [0.25, 0.3) is 0 Å². The van der Waals surface area contributed by atoms with Gasteiger partial charge in [-0.25, -0.2) is 0 Å². The van der Waals surface area contributed by atoms with Crippen molar-refractivity contribution in [3.63, 3.8) is 0 Å². The molecule has 0 bridgehead atoms. The Kier molecular flexibility index (Phi) is 4.99. The maximum Gasteiger partial charge on any atom is 0.0441 e. The Bertz CT molecular complexity index is 273. The highest BCUT2D eigenvalue weighted by molar-refractivity contribution is 6.31. The van der Waals surface area contributed by atoms with Crippen LogP contribution in [-0.2, 0) is 0 Å². The minimum atomic E-state index is 0.482. The zero-order valence-electron chi connectivity index (χ0n) is 8.89. The largest absolute Gasteiger partial charge is 0.316 e. The number of hydrogen-bond acceptors (Lipinski definition) is 1. The summed E-state index contributed by atoms with van der Waals surface area (Å²) in [6.45, 7) is 6.45. The van der Waals surface area contributed by atoms with E-state index in [1.54, 1.807) is 0 Å². The summed E-state index contributed by atoms with van der Waals surface area (Å²) in [5, 5.41) is 4.28. The normalized spacial score (nSPS) is 12.8. The molecule has 2 heteroatoms. The van der Waals surface area contributed by atoms with Crippen molar-refractivity contribution in [1.29, 1.82) is 0 Å². The van der Waals surface area contributed by atoms with Gasteiger partial charge in [-0.2, -0.15) is 0 Å². The van der Waals surface area contributed by atoms with Gasteiger partial charge in [-0.05, 0) is 30.5 Å². The first-order valence-electron chi connectivity index (χ1n) is 5.20. The summed E-state index contributed by atoms with van der Waals surface area (Å²) < 4.78 is 0. The average Bonchev–Trinajstić information content (AvgIpc) is 2.18. The fourth-order valence-electron chi connectivity index (χ4n) is 1.48.